The molecule has 27 heavy (non-hydrogen) atoms. The number of primary amides is 1. The van der Waals surface area contributed by atoms with Crippen molar-refractivity contribution >= 4 is 22.7 Å². The number of ketones is 1. The molecular formula is C21H18N4O2. The summed E-state index contributed by atoms with van der Waals surface area (Å²) in [6.07, 6.45) is 0. The van der Waals surface area contributed by atoms with Crippen LogP contribution in [0.3, 0.4) is 0 Å². The fourth-order valence-corrected chi connectivity index (χ4v) is 3.37. The molecule has 6 nitrogen and oxygen atoms in total. The number of aromatic nitrogens is 3. The van der Waals surface area contributed by atoms with Crippen LogP contribution in [-0.4, -0.2) is 26.6 Å². The van der Waals surface area contributed by atoms with E-state index >= 15 is 0 Å². The van der Waals surface area contributed by atoms with Crippen LogP contribution in [0.25, 0.3) is 22.4 Å². The average Bonchev–Trinajstić information content (AvgIpc) is 3.21. The highest BCUT2D eigenvalue weighted by molar-refractivity contribution is 6.10. The van der Waals surface area contributed by atoms with Crippen LogP contribution in [0, 0.1) is 13.8 Å². The van der Waals surface area contributed by atoms with E-state index in [0.717, 1.165) is 22.3 Å². The van der Waals surface area contributed by atoms with Gasteiger partial charge in [-0.15, -0.1) is 0 Å². The van der Waals surface area contributed by atoms with E-state index in [1.165, 1.54) is 0 Å². The molecule has 0 radical (unpaired) electrons. The number of fused-ring (bicyclic) bond motifs is 1. The fraction of sp³-hybridized carbons (Fsp3) is 0.0952. The number of rotatable bonds is 4. The fourth-order valence-electron chi connectivity index (χ4n) is 3.37. The number of hydrogen-bond acceptors (Lipinski definition) is 3. The molecule has 0 spiro atoms. The summed E-state index contributed by atoms with van der Waals surface area (Å²) in [6, 6.07) is 14.5. The zero-order valence-corrected chi connectivity index (χ0v) is 15.0. The summed E-state index contributed by atoms with van der Waals surface area (Å²) < 4.78 is 0. The monoisotopic (exact) mass is 358 g/mol. The molecule has 4 N–H and O–H groups in total. The molecule has 0 aliphatic heterocycles. The van der Waals surface area contributed by atoms with Crippen molar-refractivity contribution in [2.24, 2.45) is 5.73 Å². The van der Waals surface area contributed by atoms with Gasteiger partial charge in [0, 0.05) is 22.4 Å². The highest BCUT2D eigenvalue weighted by atomic mass is 16.1. The third kappa shape index (κ3) is 2.81. The predicted molar refractivity (Wildman–Crippen MR) is 104 cm³/mol. The Hall–Kier alpha value is -3.67. The number of nitrogens with zero attached hydrogens (tertiary/aromatic N) is 1. The molecule has 0 aliphatic rings. The minimum atomic E-state index is -0.506. The number of carbonyl (C=O) groups excluding carboxylic acids is 2. The van der Waals surface area contributed by atoms with Gasteiger partial charge in [0.05, 0.1) is 11.0 Å². The van der Waals surface area contributed by atoms with Crippen LogP contribution in [0.2, 0.25) is 0 Å². The smallest absolute Gasteiger partial charge is 0.265 e. The van der Waals surface area contributed by atoms with E-state index in [1.807, 2.05) is 38.1 Å². The first-order chi connectivity index (χ1) is 13.0. The van der Waals surface area contributed by atoms with Crippen molar-refractivity contribution in [1.29, 1.82) is 0 Å². The second-order valence-electron chi connectivity index (χ2n) is 6.50. The molecule has 4 rings (SSSR count). The number of carbonyl (C=O) groups is 2. The van der Waals surface area contributed by atoms with Gasteiger partial charge >= 0.3 is 0 Å². The van der Waals surface area contributed by atoms with Crippen molar-refractivity contribution in [3.63, 3.8) is 0 Å². The van der Waals surface area contributed by atoms with E-state index in [2.05, 4.69) is 15.0 Å². The first-order valence-electron chi connectivity index (χ1n) is 8.54. The maximum absolute atomic E-state index is 12.7. The number of aromatic amines is 2. The number of hydrogen-bond donors (Lipinski definition) is 3. The summed E-state index contributed by atoms with van der Waals surface area (Å²) in [5.41, 5.74) is 10.9. The number of nitrogens with two attached hydrogens (primary N) is 1. The van der Waals surface area contributed by atoms with E-state index in [-0.39, 0.29) is 5.78 Å². The van der Waals surface area contributed by atoms with Crippen molar-refractivity contribution in [2.75, 3.05) is 0 Å². The third-order valence-corrected chi connectivity index (χ3v) is 4.70. The maximum atomic E-state index is 12.7. The first kappa shape index (κ1) is 16.8. The summed E-state index contributed by atoms with van der Waals surface area (Å²) in [6.45, 7) is 3.70. The predicted octanol–water partition coefficient (Wildman–Crippen LogP) is 3.50. The first-order valence-corrected chi connectivity index (χ1v) is 8.54. The molecule has 4 aromatic rings. The lowest BCUT2D eigenvalue weighted by Gasteiger charge is -2.00. The highest BCUT2D eigenvalue weighted by Crippen LogP contribution is 2.29. The number of nitrogens with one attached hydrogen (secondary N) is 2. The Balaban J connectivity index is 1.78. The molecule has 0 fully saturated rings. The summed E-state index contributed by atoms with van der Waals surface area (Å²) in [5, 5.41) is 0. The zero-order chi connectivity index (χ0) is 19.1. The lowest BCUT2D eigenvalue weighted by Crippen LogP contribution is -2.12. The van der Waals surface area contributed by atoms with Crippen molar-refractivity contribution in [2.45, 2.75) is 13.8 Å². The summed E-state index contributed by atoms with van der Waals surface area (Å²) in [4.78, 5) is 35.1. The Bertz CT molecular complexity index is 1190. The van der Waals surface area contributed by atoms with Gasteiger partial charge in [-0.3, -0.25) is 9.59 Å². The normalized spacial score (nSPS) is 11.0. The van der Waals surface area contributed by atoms with Gasteiger partial charge in [0.1, 0.15) is 11.5 Å². The molecule has 6 heteroatoms. The summed E-state index contributed by atoms with van der Waals surface area (Å²) >= 11 is 0. The molecule has 0 saturated heterocycles. The van der Waals surface area contributed by atoms with E-state index < -0.39 is 5.91 Å². The molecular weight excluding hydrogens is 340 g/mol. The lowest BCUT2D eigenvalue weighted by atomic mass is 10.0. The second-order valence-corrected chi connectivity index (χ2v) is 6.50. The van der Waals surface area contributed by atoms with Crippen LogP contribution in [0.4, 0.5) is 0 Å². The van der Waals surface area contributed by atoms with Crippen LogP contribution in [0.1, 0.15) is 37.7 Å². The van der Waals surface area contributed by atoms with Gasteiger partial charge in [-0.1, -0.05) is 30.3 Å². The van der Waals surface area contributed by atoms with E-state index in [9.17, 15) is 9.59 Å². The van der Waals surface area contributed by atoms with Crippen LogP contribution >= 0.6 is 0 Å². The molecule has 0 bridgehead atoms. The van der Waals surface area contributed by atoms with Gasteiger partial charge in [-0.2, -0.15) is 0 Å². The number of aryl methyl sites for hydroxylation is 1. The van der Waals surface area contributed by atoms with Crippen molar-refractivity contribution in [3.8, 4) is 11.4 Å². The SMILES string of the molecule is Cc1[nH]c(C(N)=O)c(C)c1-c1nc2cc(C(=O)c3ccccc3)ccc2[nH]1. The van der Waals surface area contributed by atoms with Crippen LogP contribution in [0.15, 0.2) is 48.5 Å². The number of benzene rings is 2. The summed E-state index contributed by atoms with van der Waals surface area (Å²) in [7, 11) is 0. The molecule has 134 valence electrons. The van der Waals surface area contributed by atoms with Gasteiger partial charge in [0.2, 0.25) is 0 Å². The molecule has 0 atom stereocenters. The Kier molecular flexibility index (Phi) is 3.88. The van der Waals surface area contributed by atoms with Gasteiger partial charge < -0.3 is 15.7 Å². The molecule has 0 aliphatic carbocycles. The summed E-state index contributed by atoms with van der Waals surface area (Å²) in [5.74, 6) is 0.0776. The molecule has 0 unspecified atom stereocenters. The Labute approximate surface area is 155 Å². The van der Waals surface area contributed by atoms with Gasteiger partial charge in [-0.25, -0.2) is 4.98 Å². The van der Waals surface area contributed by atoms with Crippen LogP contribution in [-0.2, 0) is 0 Å². The quantitative estimate of drug-likeness (QED) is 0.486. The minimum absolute atomic E-state index is 0.0490. The molecule has 2 aromatic heterocycles. The van der Waals surface area contributed by atoms with Crippen LogP contribution in [0.5, 0.6) is 0 Å². The number of amides is 1. The largest absolute Gasteiger partial charge is 0.364 e. The zero-order valence-electron chi connectivity index (χ0n) is 15.0. The van der Waals surface area contributed by atoms with Gasteiger partial charge in [0.15, 0.2) is 5.78 Å². The minimum Gasteiger partial charge on any atom is -0.364 e. The number of H-pyrrole nitrogens is 2. The van der Waals surface area contributed by atoms with E-state index in [4.69, 9.17) is 5.73 Å². The van der Waals surface area contributed by atoms with E-state index in [0.29, 0.717) is 28.2 Å². The molecule has 1 amide bonds. The maximum Gasteiger partial charge on any atom is 0.265 e. The van der Waals surface area contributed by atoms with Gasteiger partial charge in [0.25, 0.3) is 5.91 Å². The number of imidazole rings is 1. The Morgan fingerprint density at radius 1 is 0.963 bits per heavy atom. The topological polar surface area (TPSA) is 105 Å². The van der Waals surface area contributed by atoms with Crippen molar-refractivity contribution in [1.82, 2.24) is 15.0 Å². The van der Waals surface area contributed by atoms with Crippen molar-refractivity contribution < 1.29 is 9.59 Å². The van der Waals surface area contributed by atoms with E-state index in [1.54, 1.807) is 24.3 Å². The molecule has 2 heterocycles. The van der Waals surface area contributed by atoms with Crippen molar-refractivity contribution in [3.05, 3.63) is 76.6 Å². The Morgan fingerprint density at radius 3 is 2.37 bits per heavy atom. The third-order valence-electron chi connectivity index (χ3n) is 4.70. The lowest BCUT2D eigenvalue weighted by molar-refractivity contribution is 0.0994. The van der Waals surface area contributed by atoms with Gasteiger partial charge in [-0.05, 0) is 37.6 Å². The molecule has 2 aromatic carbocycles. The highest BCUT2D eigenvalue weighted by Gasteiger charge is 2.19. The second kappa shape index (κ2) is 6.25. The average molecular weight is 358 g/mol. The van der Waals surface area contributed by atoms with Crippen LogP contribution < -0.4 is 5.73 Å². The standard InChI is InChI=1S/C21H18N4O2/c1-11-17(12(2)23-18(11)20(22)27)21-24-15-9-8-14(10-16(15)25-21)19(26)13-6-4-3-5-7-13/h3-10,23H,1-2H3,(H2,22,27)(H,24,25). The Morgan fingerprint density at radius 2 is 1.70 bits per heavy atom. The molecule has 0 saturated carbocycles.